The second-order valence-electron chi connectivity index (χ2n) is 4.81. The molecule has 108 valence electrons. The third-order valence-electron chi connectivity index (χ3n) is 3.29. The third kappa shape index (κ3) is 5.09. The van der Waals surface area contributed by atoms with Gasteiger partial charge in [-0.2, -0.15) is 0 Å². The lowest BCUT2D eigenvalue weighted by atomic mass is 9.97. The smallest absolute Gasteiger partial charge is 0.280 e. The van der Waals surface area contributed by atoms with Crippen LogP contribution in [-0.4, -0.2) is 9.97 Å². The lowest BCUT2D eigenvalue weighted by Crippen LogP contribution is -2.16. The summed E-state index contributed by atoms with van der Waals surface area (Å²) in [6.45, 7) is 4.13. The molecule has 0 aliphatic carbocycles. The number of alkyl halides is 2. The molecule has 0 radical (unpaired) electrons. The Bertz CT molecular complexity index is 432. The van der Waals surface area contributed by atoms with Gasteiger partial charge in [-0.05, 0) is 12.8 Å². The minimum atomic E-state index is -2.70. The molecule has 1 unspecified atom stereocenters. The lowest BCUT2D eigenvalue weighted by Gasteiger charge is -2.14. The van der Waals surface area contributed by atoms with Crippen LogP contribution >= 0.6 is 0 Å². The van der Waals surface area contributed by atoms with Gasteiger partial charge < -0.3 is 4.98 Å². The summed E-state index contributed by atoms with van der Waals surface area (Å²) in [7, 11) is 0. The highest BCUT2D eigenvalue weighted by Crippen LogP contribution is 2.24. The maximum absolute atomic E-state index is 12.6. The minimum Gasteiger partial charge on any atom is -0.310 e. The van der Waals surface area contributed by atoms with Crippen molar-refractivity contribution in [1.82, 2.24) is 9.97 Å². The molecular weight excluding hydrogens is 250 g/mol. The van der Waals surface area contributed by atoms with Crippen molar-refractivity contribution in [3.05, 3.63) is 27.9 Å². The molecule has 0 aliphatic heterocycles. The quantitative estimate of drug-likeness (QED) is 0.722. The maximum atomic E-state index is 12.6. The van der Waals surface area contributed by atoms with Crippen molar-refractivity contribution in [2.75, 3.05) is 0 Å². The number of rotatable bonds is 8. The van der Waals surface area contributed by atoms with E-state index in [9.17, 15) is 13.6 Å². The summed E-state index contributed by atoms with van der Waals surface area (Å²) < 4.78 is 25.3. The Kier molecular flexibility index (Phi) is 6.67. The fourth-order valence-corrected chi connectivity index (χ4v) is 2.15. The minimum absolute atomic E-state index is 0.0586. The Morgan fingerprint density at radius 3 is 2.58 bits per heavy atom. The van der Waals surface area contributed by atoms with Gasteiger partial charge in [-0.15, -0.1) is 0 Å². The topological polar surface area (TPSA) is 45.8 Å². The molecule has 0 aliphatic rings. The normalized spacial score (nSPS) is 12.9. The summed E-state index contributed by atoms with van der Waals surface area (Å²) in [4.78, 5) is 17.9. The first-order valence-corrected chi connectivity index (χ1v) is 6.97. The monoisotopic (exact) mass is 272 g/mol. The maximum Gasteiger partial charge on any atom is 0.280 e. The number of hydrogen-bond donors (Lipinski definition) is 1. The van der Waals surface area contributed by atoms with Crippen molar-refractivity contribution >= 4 is 0 Å². The summed E-state index contributed by atoms with van der Waals surface area (Å²) >= 11 is 0. The molecule has 1 aromatic heterocycles. The number of nitrogens with one attached hydrogen (secondary N) is 1. The van der Waals surface area contributed by atoms with Gasteiger partial charge in [0.1, 0.15) is 11.5 Å². The molecule has 1 heterocycles. The van der Waals surface area contributed by atoms with Gasteiger partial charge in [-0.3, -0.25) is 4.79 Å². The number of nitrogens with zero attached hydrogens (tertiary/aromatic N) is 1. The SMILES string of the molecule is CCCCCCC(CC)c1nc(C(F)F)cc(=O)[nH]1. The number of unbranched alkanes of at least 4 members (excludes halogenated alkanes) is 3. The van der Waals surface area contributed by atoms with Crippen LogP contribution in [0, 0.1) is 0 Å². The van der Waals surface area contributed by atoms with Gasteiger partial charge in [-0.25, -0.2) is 13.8 Å². The van der Waals surface area contributed by atoms with E-state index in [1.54, 1.807) is 0 Å². The predicted molar refractivity (Wildman–Crippen MR) is 71.6 cm³/mol. The number of aromatic nitrogens is 2. The van der Waals surface area contributed by atoms with Crippen LogP contribution in [0.5, 0.6) is 0 Å². The van der Waals surface area contributed by atoms with E-state index in [1.165, 1.54) is 6.42 Å². The van der Waals surface area contributed by atoms with Gasteiger partial charge in [0.25, 0.3) is 12.0 Å². The molecule has 0 saturated heterocycles. The Morgan fingerprint density at radius 1 is 1.26 bits per heavy atom. The van der Waals surface area contributed by atoms with Crippen LogP contribution in [0.4, 0.5) is 8.78 Å². The highest BCUT2D eigenvalue weighted by atomic mass is 19.3. The molecule has 5 heteroatoms. The van der Waals surface area contributed by atoms with Gasteiger partial charge in [-0.1, -0.05) is 39.5 Å². The number of H-pyrrole nitrogens is 1. The van der Waals surface area contributed by atoms with E-state index in [0.717, 1.165) is 38.2 Å². The van der Waals surface area contributed by atoms with Gasteiger partial charge in [0, 0.05) is 12.0 Å². The molecule has 1 rings (SSSR count). The van der Waals surface area contributed by atoms with Crippen LogP contribution in [0.15, 0.2) is 10.9 Å². The van der Waals surface area contributed by atoms with Gasteiger partial charge in [0.2, 0.25) is 0 Å². The van der Waals surface area contributed by atoms with E-state index in [1.807, 2.05) is 6.92 Å². The summed E-state index contributed by atoms with van der Waals surface area (Å²) in [6, 6.07) is 0.873. The molecule has 1 aromatic rings. The summed E-state index contributed by atoms with van der Waals surface area (Å²) in [5.41, 5.74) is -0.918. The molecule has 0 bridgehead atoms. The van der Waals surface area contributed by atoms with E-state index in [0.29, 0.717) is 5.82 Å². The highest BCUT2D eigenvalue weighted by Gasteiger charge is 2.16. The Balaban J connectivity index is 2.77. The van der Waals surface area contributed by atoms with Crippen LogP contribution in [-0.2, 0) is 0 Å². The second-order valence-corrected chi connectivity index (χ2v) is 4.81. The van der Waals surface area contributed by atoms with Crippen molar-refractivity contribution in [1.29, 1.82) is 0 Å². The molecule has 19 heavy (non-hydrogen) atoms. The van der Waals surface area contributed by atoms with Crippen LogP contribution < -0.4 is 5.56 Å². The zero-order valence-corrected chi connectivity index (χ0v) is 11.6. The molecule has 0 spiro atoms. The van der Waals surface area contributed by atoms with Crippen LogP contribution in [0.25, 0.3) is 0 Å². The second kappa shape index (κ2) is 8.02. The average molecular weight is 272 g/mol. The van der Waals surface area contributed by atoms with E-state index in [2.05, 4.69) is 16.9 Å². The van der Waals surface area contributed by atoms with Crippen LogP contribution in [0.2, 0.25) is 0 Å². The molecule has 1 N–H and O–H groups in total. The Morgan fingerprint density at radius 2 is 2.00 bits per heavy atom. The standard InChI is InChI=1S/C14H22F2N2O/c1-3-5-6-7-8-10(4-2)14-17-11(13(15)16)9-12(19)18-14/h9-10,13H,3-8H2,1-2H3,(H,17,18,19). The predicted octanol–water partition coefficient (Wildman–Crippen LogP) is 4.17. The highest BCUT2D eigenvalue weighted by molar-refractivity contribution is 5.07. The first-order valence-electron chi connectivity index (χ1n) is 6.97. The summed E-state index contributed by atoms with van der Waals surface area (Å²) in [6.07, 6.45) is 3.48. The zero-order chi connectivity index (χ0) is 14.3. The number of halogens is 2. The van der Waals surface area contributed by atoms with Crippen molar-refractivity contribution < 1.29 is 8.78 Å². The first-order chi connectivity index (χ1) is 9.08. The average Bonchev–Trinajstić information content (AvgIpc) is 2.38. The zero-order valence-electron chi connectivity index (χ0n) is 11.6. The fourth-order valence-electron chi connectivity index (χ4n) is 2.15. The molecule has 3 nitrogen and oxygen atoms in total. The van der Waals surface area contributed by atoms with Gasteiger partial charge >= 0.3 is 0 Å². The van der Waals surface area contributed by atoms with Crippen molar-refractivity contribution in [3.63, 3.8) is 0 Å². The Labute approximate surface area is 112 Å². The van der Waals surface area contributed by atoms with Crippen molar-refractivity contribution in [2.24, 2.45) is 0 Å². The number of hydrogen-bond acceptors (Lipinski definition) is 2. The molecule has 0 saturated carbocycles. The van der Waals surface area contributed by atoms with Crippen molar-refractivity contribution in [2.45, 2.75) is 64.7 Å². The first kappa shape index (κ1) is 15.8. The summed E-state index contributed by atoms with van der Waals surface area (Å²) in [5.74, 6) is 0.463. The van der Waals surface area contributed by atoms with E-state index >= 15 is 0 Å². The third-order valence-corrected chi connectivity index (χ3v) is 3.29. The summed E-state index contributed by atoms with van der Waals surface area (Å²) in [5, 5.41) is 0. The molecular formula is C14H22F2N2O. The van der Waals surface area contributed by atoms with Gasteiger partial charge in [0.15, 0.2) is 0 Å². The van der Waals surface area contributed by atoms with Crippen LogP contribution in [0.3, 0.4) is 0 Å². The molecule has 1 atom stereocenters. The molecule has 0 amide bonds. The number of aromatic amines is 1. The largest absolute Gasteiger partial charge is 0.310 e. The molecule has 0 aromatic carbocycles. The molecule has 0 fully saturated rings. The van der Waals surface area contributed by atoms with Crippen LogP contribution in [0.1, 0.15) is 76.2 Å². The van der Waals surface area contributed by atoms with E-state index in [-0.39, 0.29) is 5.92 Å². The van der Waals surface area contributed by atoms with Gasteiger partial charge in [0.05, 0.1) is 0 Å². The van der Waals surface area contributed by atoms with E-state index in [4.69, 9.17) is 0 Å². The lowest BCUT2D eigenvalue weighted by molar-refractivity contribution is 0.145. The van der Waals surface area contributed by atoms with E-state index < -0.39 is 17.7 Å². The fraction of sp³-hybridized carbons (Fsp3) is 0.714. The Hall–Kier alpha value is -1.26. The van der Waals surface area contributed by atoms with Crippen molar-refractivity contribution in [3.8, 4) is 0 Å².